The maximum atomic E-state index is 13.0. The van der Waals surface area contributed by atoms with Crippen LogP contribution in [0.25, 0.3) is 39.0 Å². The monoisotopic (exact) mass is 1370 g/mol. The first kappa shape index (κ1) is 66.2. The van der Waals surface area contributed by atoms with E-state index < -0.39 is 30.1 Å². The van der Waals surface area contributed by atoms with Crippen molar-refractivity contribution in [2.75, 3.05) is 34.0 Å². The van der Waals surface area contributed by atoms with E-state index in [9.17, 15) is 25.3 Å². The van der Waals surface area contributed by atoms with Crippen LogP contribution in [0.1, 0.15) is 77.3 Å². The fourth-order valence-corrected chi connectivity index (χ4v) is 14.5. The molecule has 0 radical (unpaired) electrons. The van der Waals surface area contributed by atoms with Crippen molar-refractivity contribution >= 4 is 144 Å². The number of hydrogen-bond acceptors (Lipinski definition) is 17. The molecule has 4 aliphatic rings. The van der Waals surface area contributed by atoms with Gasteiger partial charge in [-0.2, -0.15) is 0 Å². The van der Waals surface area contributed by atoms with E-state index in [0.29, 0.717) is 114 Å². The van der Waals surface area contributed by atoms with Crippen LogP contribution in [0.5, 0.6) is 17.2 Å². The third-order valence-electron chi connectivity index (χ3n) is 14.3. The van der Waals surface area contributed by atoms with E-state index in [2.05, 4.69) is 58.7 Å². The molecule has 0 aliphatic carbocycles. The van der Waals surface area contributed by atoms with Crippen LogP contribution in [0.2, 0.25) is 15.1 Å². The number of nitrogens with one attached hydrogen (secondary N) is 3. The molecule has 6 aromatic carbocycles. The van der Waals surface area contributed by atoms with Gasteiger partial charge in [-0.15, -0.1) is 6.58 Å². The predicted molar refractivity (Wildman–Crippen MR) is 343 cm³/mol. The summed E-state index contributed by atoms with van der Waals surface area (Å²) in [6.07, 6.45) is 4.34. The van der Waals surface area contributed by atoms with E-state index >= 15 is 0 Å². The van der Waals surface area contributed by atoms with Crippen LogP contribution in [0.15, 0.2) is 143 Å². The second kappa shape index (κ2) is 26.1. The zero-order valence-electron chi connectivity index (χ0n) is 46.0. The Morgan fingerprint density at radius 3 is 1.30 bits per heavy atom. The number of anilines is 3. The number of aromatic nitrogens is 3. The van der Waals surface area contributed by atoms with Crippen molar-refractivity contribution in [3.05, 3.63) is 157 Å². The topological polar surface area (TPSA) is 263 Å². The molecule has 3 N–H and O–H groups in total. The molecule has 7 heterocycles. The van der Waals surface area contributed by atoms with Gasteiger partial charge in [-0.25, -0.2) is 25.3 Å². The Morgan fingerprint density at radius 2 is 0.931 bits per heavy atom. The Balaban J connectivity index is 0.000000154. The Morgan fingerprint density at radius 1 is 0.563 bits per heavy atom. The van der Waals surface area contributed by atoms with Crippen molar-refractivity contribution < 1.29 is 62.3 Å². The van der Waals surface area contributed by atoms with E-state index in [1.165, 1.54) is 12.1 Å². The number of aryl methyl sites for hydroxylation is 1. The van der Waals surface area contributed by atoms with Crippen LogP contribution in [0.4, 0.5) is 17.5 Å². The molecule has 1 saturated heterocycles. The summed E-state index contributed by atoms with van der Waals surface area (Å²) in [4.78, 5) is 0.204. The number of nitrogens with zero attached hydrogens (tertiary/aromatic N) is 3. The second-order valence-electron chi connectivity index (χ2n) is 20.4. The first-order valence-corrected chi connectivity index (χ1v) is 32.6. The maximum absolute atomic E-state index is 13.0. The summed E-state index contributed by atoms with van der Waals surface area (Å²) in [6, 6.07) is 25.4. The van der Waals surface area contributed by atoms with Crippen LogP contribution >= 0.6 is 50.7 Å². The molecule has 13 rings (SSSR count). The average Bonchev–Trinajstić information content (AvgIpc) is 2.87. The molecule has 0 saturated carbocycles. The van der Waals surface area contributed by atoms with Crippen molar-refractivity contribution in [3.8, 4) is 17.2 Å². The lowest BCUT2D eigenvalue weighted by Crippen LogP contribution is -2.41. The van der Waals surface area contributed by atoms with Gasteiger partial charge < -0.3 is 37.1 Å². The van der Waals surface area contributed by atoms with E-state index in [4.69, 9.17) is 71.9 Å². The summed E-state index contributed by atoms with van der Waals surface area (Å²) in [7, 11) is -12.0. The quantitative estimate of drug-likeness (QED) is 0.0960. The number of benzene rings is 6. The Bertz CT molecular complexity index is 4450. The predicted octanol–water partition coefficient (Wildman–Crippen LogP) is 14.7. The molecule has 1 fully saturated rings. The Hall–Kier alpha value is -6.81. The minimum atomic E-state index is -3.95. The van der Waals surface area contributed by atoms with Crippen LogP contribution in [0.3, 0.4) is 0 Å². The summed E-state index contributed by atoms with van der Waals surface area (Å²) in [5.74, 6) is 2.95. The van der Waals surface area contributed by atoms with Gasteiger partial charge in [0.2, 0.25) is 0 Å². The summed E-state index contributed by atoms with van der Waals surface area (Å²) in [6.45, 7) is 18.8. The molecule has 0 atom stereocenters. The maximum Gasteiger partial charge on any atom is 0.486 e. The molecular weight excluding hydrogens is 1310 g/mol. The van der Waals surface area contributed by atoms with Gasteiger partial charge in [0.05, 0.1) is 62.2 Å². The van der Waals surface area contributed by atoms with Gasteiger partial charge in [-0.3, -0.25) is 14.2 Å². The van der Waals surface area contributed by atoms with Gasteiger partial charge in [0.1, 0.15) is 31.9 Å². The SMILES string of the molecule is C.C.C=CB1OC(C)(C)C(C)(C)O1.C=Cc1cc2c(c(S(=O)(=O)Nc3noc4cccc(Cl)c34)c1)OCC2.CCc1cc2c(c(S(=O)(=O)Nc3noc4cccc(Cl)c34)c1)OCC2.O=S(=O)(Nc1noc2cccc(Cl)c12)c1cc(Br)cc2c1OCC2. The summed E-state index contributed by atoms with van der Waals surface area (Å²) >= 11 is 21.8. The molecule has 0 spiro atoms. The van der Waals surface area contributed by atoms with E-state index in [1.54, 1.807) is 72.7 Å². The van der Waals surface area contributed by atoms with Gasteiger partial charge in [-0.05, 0) is 123 Å². The molecule has 0 bridgehead atoms. The summed E-state index contributed by atoms with van der Waals surface area (Å²) < 4.78 is 129. The highest BCUT2D eigenvalue weighted by atomic mass is 79.9. The number of hydrogen-bond donors (Lipinski definition) is 3. The van der Waals surface area contributed by atoms with Gasteiger partial charge in [0, 0.05) is 29.3 Å². The Labute approximate surface area is 528 Å². The van der Waals surface area contributed by atoms with E-state index in [-0.39, 0.29) is 65.3 Å². The first-order chi connectivity index (χ1) is 40.3. The van der Waals surface area contributed by atoms with Crippen molar-refractivity contribution in [3.63, 3.8) is 0 Å². The molecule has 87 heavy (non-hydrogen) atoms. The highest BCUT2D eigenvalue weighted by Gasteiger charge is 2.50. The van der Waals surface area contributed by atoms with Crippen molar-refractivity contribution in [2.45, 2.75) is 101 Å². The van der Waals surface area contributed by atoms with Gasteiger partial charge in [0.15, 0.2) is 34.2 Å². The van der Waals surface area contributed by atoms with Gasteiger partial charge >= 0.3 is 7.12 Å². The molecule has 0 amide bonds. The molecule has 20 nitrogen and oxygen atoms in total. The fourth-order valence-electron chi connectivity index (χ4n) is 9.38. The molecule has 4 aliphatic heterocycles. The lowest BCUT2D eigenvalue weighted by Gasteiger charge is -2.32. The molecule has 9 aromatic rings. The van der Waals surface area contributed by atoms with Gasteiger partial charge in [-0.1, -0.05) is 131 Å². The van der Waals surface area contributed by atoms with Crippen LogP contribution in [-0.2, 0) is 65.1 Å². The number of rotatable bonds is 12. The third-order valence-corrected chi connectivity index (χ3v) is 19.7. The normalized spacial score (nSPS) is 15.0. The summed E-state index contributed by atoms with van der Waals surface area (Å²) in [5.41, 5.74) is 4.96. The van der Waals surface area contributed by atoms with Crippen LogP contribution in [0, 0.1) is 0 Å². The van der Waals surface area contributed by atoms with Gasteiger partial charge in [0.25, 0.3) is 30.1 Å². The Kier molecular flexibility index (Phi) is 19.9. The van der Waals surface area contributed by atoms with Crippen LogP contribution in [-0.4, -0.2) is 78.9 Å². The number of ether oxygens (including phenoxy) is 3. The fraction of sp³-hybridized carbons (Fsp3) is 0.271. The van der Waals surface area contributed by atoms with Crippen molar-refractivity contribution in [1.82, 2.24) is 15.5 Å². The smallest absolute Gasteiger partial charge is 0.486 e. The van der Waals surface area contributed by atoms with Crippen molar-refractivity contribution in [1.29, 1.82) is 0 Å². The molecule has 460 valence electrons. The minimum Gasteiger partial charge on any atom is -0.492 e. The second-order valence-corrected chi connectivity index (χ2v) is 27.5. The molecule has 0 unspecified atom stereocenters. The molecule has 28 heteroatoms. The first-order valence-electron chi connectivity index (χ1n) is 26.2. The minimum absolute atomic E-state index is 0. The molecular formula is C59H61BBrCl3N6O14S3. The van der Waals surface area contributed by atoms with E-state index in [1.807, 2.05) is 52.8 Å². The number of fused-ring (bicyclic) bond motifs is 6. The lowest BCUT2D eigenvalue weighted by atomic mass is 9.90. The number of sulfonamides is 3. The van der Waals surface area contributed by atoms with Crippen LogP contribution < -0.4 is 28.4 Å². The standard InChI is InChI=1S/C17H15ClN2O4S.C17H13ClN2O4S.C15H10BrClN2O4S.C8H15BO2.2CH4/c2*1-2-10-8-11-6-7-23-16(11)14(9-10)25(21,22)20-17-15-12(18)4-3-5-13(15)24-19-17;16-9-6-8-4-5-22-14(8)12(7-9)24(20,21)19-15-13-10(17)2-1-3-11(13)23-18-15;1-6-9-10-7(2,3)8(4,5)11-9;;/h3-5,8-9H,2,6-7H2,1H3,(H,19,20);2-5,8-9H,1,6-7H2,(H,19,20);1-3,6-7H,4-5H2,(H,18,19);6H,1H2,2-5H3;2*1H4. The zero-order valence-corrected chi connectivity index (χ0v) is 52.4. The lowest BCUT2D eigenvalue weighted by molar-refractivity contribution is 0.00578. The van der Waals surface area contributed by atoms with E-state index in [0.717, 1.165) is 28.7 Å². The average molecular weight is 1370 g/mol. The third kappa shape index (κ3) is 13.6. The largest absolute Gasteiger partial charge is 0.492 e. The summed E-state index contributed by atoms with van der Waals surface area (Å²) in [5, 5.41) is 13.7. The highest BCUT2D eigenvalue weighted by Crippen LogP contribution is 2.42. The molecule has 3 aromatic heterocycles. The number of halogens is 4. The van der Waals surface area contributed by atoms with Crippen molar-refractivity contribution in [2.24, 2.45) is 0 Å². The highest BCUT2D eigenvalue weighted by molar-refractivity contribution is 9.10. The zero-order chi connectivity index (χ0) is 60.8.